The summed E-state index contributed by atoms with van der Waals surface area (Å²) in [5, 5.41) is 2.02. The van der Waals surface area contributed by atoms with E-state index in [1.807, 2.05) is 64.9 Å². The average molecular weight is 379 g/mol. The van der Waals surface area contributed by atoms with E-state index >= 15 is 0 Å². The van der Waals surface area contributed by atoms with Crippen molar-refractivity contribution in [3.63, 3.8) is 0 Å². The zero-order valence-electron chi connectivity index (χ0n) is 14.4. The topological polar surface area (TPSA) is 48.0 Å². The molecule has 0 N–H and O–H groups in total. The molecule has 0 spiro atoms. The fourth-order valence-electron chi connectivity index (χ4n) is 3.45. The molecule has 0 aliphatic carbocycles. The Morgan fingerprint density at radius 1 is 1.04 bits per heavy atom. The van der Waals surface area contributed by atoms with Gasteiger partial charge in [-0.25, -0.2) is 0 Å². The first-order valence-corrected chi connectivity index (χ1v) is 9.62. The normalized spacial score (nSPS) is 20.4. The largest absolute Gasteiger partial charge is 0.478 e. The number of nitrogens with zero attached hydrogens (tertiary/aromatic N) is 1. The fraction of sp³-hybridized carbons (Fsp3) is 0.190. The lowest BCUT2D eigenvalue weighted by Crippen LogP contribution is -2.60. The molecule has 5 rings (SSSR count). The summed E-state index contributed by atoms with van der Waals surface area (Å²) in [6.07, 6.45) is -0.500. The summed E-state index contributed by atoms with van der Waals surface area (Å²) in [6, 6.07) is 19.2. The molecule has 27 heavy (non-hydrogen) atoms. The van der Waals surface area contributed by atoms with E-state index in [9.17, 15) is 4.79 Å². The number of thiophene rings is 1. The van der Waals surface area contributed by atoms with Crippen molar-refractivity contribution in [2.75, 3.05) is 6.79 Å². The van der Waals surface area contributed by atoms with E-state index in [1.54, 1.807) is 11.3 Å². The molecule has 6 heteroatoms. The van der Waals surface area contributed by atoms with Gasteiger partial charge in [-0.05, 0) is 41.3 Å². The van der Waals surface area contributed by atoms with Crippen LogP contribution in [0.2, 0.25) is 0 Å². The van der Waals surface area contributed by atoms with E-state index < -0.39 is 6.10 Å². The lowest BCUT2D eigenvalue weighted by Gasteiger charge is -2.46. The van der Waals surface area contributed by atoms with E-state index in [0.29, 0.717) is 12.3 Å². The maximum atomic E-state index is 12.9. The SMILES string of the molecule is O=C1[C@H](Oc2ccccc2)[C@H](c2cccs2)N1Cc1ccc2c(c1)OCO2. The van der Waals surface area contributed by atoms with Gasteiger partial charge in [0.15, 0.2) is 11.5 Å². The molecule has 0 bridgehead atoms. The van der Waals surface area contributed by atoms with Gasteiger partial charge in [-0.1, -0.05) is 30.3 Å². The van der Waals surface area contributed by atoms with Gasteiger partial charge < -0.3 is 19.1 Å². The Labute approximate surface area is 160 Å². The van der Waals surface area contributed by atoms with E-state index in [4.69, 9.17) is 14.2 Å². The van der Waals surface area contributed by atoms with Crippen molar-refractivity contribution in [2.45, 2.75) is 18.7 Å². The molecule has 2 aliphatic rings. The number of amides is 1. The zero-order valence-corrected chi connectivity index (χ0v) is 15.2. The Morgan fingerprint density at radius 2 is 1.89 bits per heavy atom. The first kappa shape index (κ1) is 16.2. The van der Waals surface area contributed by atoms with Gasteiger partial charge in [0.25, 0.3) is 5.91 Å². The maximum Gasteiger partial charge on any atom is 0.267 e. The van der Waals surface area contributed by atoms with Gasteiger partial charge in [0.05, 0.1) is 0 Å². The third kappa shape index (κ3) is 2.92. The Bertz CT molecular complexity index is 958. The highest BCUT2D eigenvalue weighted by atomic mass is 32.1. The molecule has 5 nitrogen and oxygen atoms in total. The number of benzene rings is 2. The predicted octanol–water partition coefficient (Wildman–Crippen LogP) is 4.01. The smallest absolute Gasteiger partial charge is 0.267 e. The number of likely N-dealkylation sites (tertiary alicyclic amines) is 1. The van der Waals surface area contributed by atoms with Crippen LogP contribution in [-0.4, -0.2) is 23.7 Å². The highest BCUT2D eigenvalue weighted by molar-refractivity contribution is 7.10. The number of ether oxygens (including phenoxy) is 3. The van der Waals surface area contributed by atoms with Crippen LogP contribution in [0, 0.1) is 0 Å². The second-order valence-corrected chi connectivity index (χ2v) is 7.44. The Hall–Kier alpha value is -2.99. The van der Waals surface area contributed by atoms with Gasteiger partial charge in [0.1, 0.15) is 11.8 Å². The Balaban J connectivity index is 1.39. The van der Waals surface area contributed by atoms with Crippen LogP contribution >= 0.6 is 11.3 Å². The van der Waals surface area contributed by atoms with Crippen LogP contribution in [0.4, 0.5) is 0 Å². The molecule has 2 atom stereocenters. The molecular formula is C21H17NO4S. The van der Waals surface area contributed by atoms with E-state index in [1.165, 1.54) is 0 Å². The first-order valence-electron chi connectivity index (χ1n) is 8.74. The number of rotatable bonds is 5. The summed E-state index contributed by atoms with van der Waals surface area (Å²) in [5.41, 5.74) is 1.01. The summed E-state index contributed by atoms with van der Waals surface area (Å²) in [6.45, 7) is 0.749. The predicted molar refractivity (Wildman–Crippen MR) is 101 cm³/mol. The molecular weight excluding hydrogens is 362 g/mol. The molecule has 1 amide bonds. The molecule has 136 valence electrons. The van der Waals surface area contributed by atoms with E-state index in [2.05, 4.69) is 6.07 Å². The number of hydrogen-bond acceptors (Lipinski definition) is 5. The zero-order chi connectivity index (χ0) is 18.2. The third-order valence-electron chi connectivity index (χ3n) is 4.78. The number of carbonyl (C=O) groups excluding carboxylic acids is 1. The van der Waals surface area contributed by atoms with Crippen molar-refractivity contribution >= 4 is 17.2 Å². The van der Waals surface area contributed by atoms with Gasteiger partial charge >= 0.3 is 0 Å². The summed E-state index contributed by atoms with van der Waals surface area (Å²) in [7, 11) is 0. The quantitative estimate of drug-likeness (QED) is 0.629. The minimum atomic E-state index is -0.500. The Morgan fingerprint density at radius 3 is 2.70 bits per heavy atom. The Kier molecular flexibility index (Phi) is 3.98. The van der Waals surface area contributed by atoms with Crippen molar-refractivity contribution in [2.24, 2.45) is 0 Å². The third-order valence-corrected chi connectivity index (χ3v) is 5.72. The highest BCUT2D eigenvalue weighted by Gasteiger charge is 2.50. The molecule has 1 aromatic heterocycles. The van der Waals surface area contributed by atoms with Crippen molar-refractivity contribution in [1.29, 1.82) is 0 Å². The van der Waals surface area contributed by atoms with Crippen LogP contribution in [0.5, 0.6) is 17.2 Å². The van der Waals surface area contributed by atoms with Crippen LogP contribution < -0.4 is 14.2 Å². The van der Waals surface area contributed by atoms with Crippen molar-refractivity contribution in [3.8, 4) is 17.2 Å². The van der Waals surface area contributed by atoms with Crippen molar-refractivity contribution < 1.29 is 19.0 Å². The lowest BCUT2D eigenvalue weighted by atomic mass is 9.95. The second kappa shape index (κ2) is 6.63. The average Bonchev–Trinajstić information content (AvgIpc) is 3.39. The standard InChI is InChI=1S/C21H17NO4S/c23-21-20(26-15-5-2-1-3-6-15)19(18-7-4-10-27-18)22(21)12-14-8-9-16-17(11-14)25-13-24-16/h1-11,19-20H,12-13H2/t19-,20+/m0/s1. The number of carbonyl (C=O) groups is 1. The van der Waals surface area contributed by atoms with Crippen molar-refractivity contribution in [1.82, 2.24) is 4.90 Å². The van der Waals surface area contributed by atoms with E-state index in [0.717, 1.165) is 21.9 Å². The van der Waals surface area contributed by atoms with Crippen molar-refractivity contribution in [3.05, 3.63) is 76.5 Å². The summed E-state index contributed by atoms with van der Waals surface area (Å²) >= 11 is 1.64. The van der Waals surface area contributed by atoms with Gasteiger partial charge in [0.2, 0.25) is 12.9 Å². The molecule has 0 unspecified atom stereocenters. The minimum Gasteiger partial charge on any atom is -0.478 e. The lowest BCUT2D eigenvalue weighted by molar-refractivity contribution is -0.165. The van der Waals surface area contributed by atoms with Crippen LogP contribution in [-0.2, 0) is 11.3 Å². The summed E-state index contributed by atoms with van der Waals surface area (Å²) in [4.78, 5) is 15.8. The van der Waals surface area contributed by atoms with Gasteiger partial charge in [-0.3, -0.25) is 4.79 Å². The molecule has 0 saturated carbocycles. The second-order valence-electron chi connectivity index (χ2n) is 6.47. The molecule has 3 aromatic rings. The molecule has 2 aliphatic heterocycles. The fourth-order valence-corrected chi connectivity index (χ4v) is 4.31. The van der Waals surface area contributed by atoms with Gasteiger partial charge in [-0.15, -0.1) is 11.3 Å². The van der Waals surface area contributed by atoms with Gasteiger partial charge in [0, 0.05) is 11.4 Å². The number of β-lactam (4-membered cyclic amide) rings is 1. The molecule has 2 aromatic carbocycles. The summed E-state index contributed by atoms with van der Waals surface area (Å²) < 4.78 is 16.8. The molecule has 3 heterocycles. The maximum absolute atomic E-state index is 12.9. The van der Waals surface area contributed by atoms with Crippen LogP contribution in [0.25, 0.3) is 0 Å². The highest BCUT2D eigenvalue weighted by Crippen LogP contribution is 2.41. The van der Waals surface area contributed by atoms with Crippen LogP contribution in [0.3, 0.4) is 0 Å². The molecule has 0 radical (unpaired) electrons. The van der Waals surface area contributed by atoms with E-state index in [-0.39, 0.29) is 18.7 Å². The number of para-hydroxylation sites is 1. The molecule has 1 saturated heterocycles. The monoisotopic (exact) mass is 379 g/mol. The van der Waals surface area contributed by atoms with Crippen LogP contribution in [0.1, 0.15) is 16.5 Å². The number of fused-ring (bicyclic) bond motifs is 1. The van der Waals surface area contributed by atoms with Crippen LogP contribution in [0.15, 0.2) is 66.0 Å². The first-order chi connectivity index (χ1) is 13.3. The number of hydrogen-bond donors (Lipinski definition) is 0. The minimum absolute atomic E-state index is 0.00470. The van der Waals surface area contributed by atoms with Gasteiger partial charge in [-0.2, -0.15) is 0 Å². The summed E-state index contributed by atoms with van der Waals surface area (Å²) in [5.74, 6) is 2.18. The molecule has 1 fully saturated rings.